The fourth-order valence-electron chi connectivity index (χ4n) is 1.64. The van der Waals surface area contributed by atoms with Crippen molar-refractivity contribution in [1.29, 1.82) is 0 Å². The van der Waals surface area contributed by atoms with Crippen molar-refractivity contribution in [2.75, 3.05) is 0 Å². The van der Waals surface area contributed by atoms with Gasteiger partial charge >= 0.3 is 0 Å². The normalized spacial score (nSPS) is 12.1. The van der Waals surface area contributed by atoms with Crippen molar-refractivity contribution in [2.24, 2.45) is 5.73 Å². The van der Waals surface area contributed by atoms with E-state index < -0.39 is 6.04 Å². The summed E-state index contributed by atoms with van der Waals surface area (Å²) in [5.41, 5.74) is 6.94. The van der Waals surface area contributed by atoms with Crippen molar-refractivity contribution in [3.05, 3.63) is 54.9 Å². The van der Waals surface area contributed by atoms with Crippen molar-refractivity contribution in [2.45, 2.75) is 12.5 Å². The van der Waals surface area contributed by atoms with Crippen molar-refractivity contribution >= 4 is 5.78 Å². The van der Waals surface area contributed by atoms with Gasteiger partial charge in [0.25, 0.3) is 0 Å². The topological polar surface area (TPSA) is 73.8 Å². The minimum atomic E-state index is -0.608. The Morgan fingerprint density at radius 3 is 2.83 bits per heavy atom. The van der Waals surface area contributed by atoms with Gasteiger partial charge in [0.05, 0.1) is 17.9 Å². The molecule has 0 aliphatic heterocycles. The first kappa shape index (κ1) is 12.2. The molecular formula is C13H14N4O. The number of para-hydroxylation sites is 1. The second-order valence-electron chi connectivity index (χ2n) is 3.86. The third-order valence-electron chi connectivity index (χ3n) is 2.56. The van der Waals surface area contributed by atoms with Gasteiger partial charge in [-0.2, -0.15) is 0 Å². The number of rotatable bonds is 5. The summed E-state index contributed by atoms with van der Waals surface area (Å²) in [5, 5.41) is 7.69. The average molecular weight is 242 g/mol. The Bertz CT molecular complexity index is 547. The van der Waals surface area contributed by atoms with E-state index in [-0.39, 0.29) is 5.78 Å². The molecule has 18 heavy (non-hydrogen) atoms. The number of benzene rings is 1. The number of carbonyl (C=O) groups is 1. The lowest BCUT2D eigenvalue weighted by Gasteiger charge is -2.09. The molecule has 1 heterocycles. The minimum Gasteiger partial charge on any atom is -0.321 e. The summed E-state index contributed by atoms with van der Waals surface area (Å²) in [6.07, 6.45) is 3.48. The Balaban J connectivity index is 2.34. The molecule has 5 heteroatoms. The number of carbonyl (C=O) groups excluding carboxylic acids is 1. The lowest BCUT2D eigenvalue weighted by atomic mass is 10.1. The van der Waals surface area contributed by atoms with Crippen molar-refractivity contribution in [1.82, 2.24) is 15.0 Å². The number of aromatic nitrogens is 3. The Morgan fingerprint density at radius 1 is 1.44 bits per heavy atom. The minimum absolute atomic E-state index is 0.191. The van der Waals surface area contributed by atoms with E-state index >= 15 is 0 Å². The van der Waals surface area contributed by atoms with Crippen LogP contribution < -0.4 is 5.73 Å². The number of ketones is 1. The molecule has 1 aromatic carbocycles. The molecule has 0 fully saturated rings. The van der Waals surface area contributed by atoms with E-state index in [1.807, 2.05) is 30.3 Å². The molecule has 0 aliphatic rings. The Labute approximate surface area is 105 Å². The van der Waals surface area contributed by atoms with Gasteiger partial charge in [0.1, 0.15) is 5.69 Å². The fraction of sp³-hybridized carbons (Fsp3) is 0.154. The molecule has 0 amide bonds. The van der Waals surface area contributed by atoms with Crippen LogP contribution in [0.1, 0.15) is 16.9 Å². The summed E-state index contributed by atoms with van der Waals surface area (Å²) in [6.45, 7) is 3.57. The molecule has 2 rings (SSSR count). The lowest BCUT2D eigenvalue weighted by molar-refractivity contribution is 0.0954. The first-order valence-corrected chi connectivity index (χ1v) is 5.61. The van der Waals surface area contributed by atoms with Gasteiger partial charge in [-0.05, 0) is 18.6 Å². The van der Waals surface area contributed by atoms with Crippen molar-refractivity contribution in [3.63, 3.8) is 0 Å². The van der Waals surface area contributed by atoms with E-state index in [0.717, 1.165) is 5.69 Å². The zero-order valence-electron chi connectivity index (χ0n) is 9.86. The monoisotopic (exact) mass is 242 g/mol. The van der Waals surface area contributed by atoms with E-state index in [2.05, 4.69) is 16.9 Å². The molecule has 2 aromatic rings. The summed E-state index contributed by atoms with van der Waals surface area (Å²) in [6, 6.07) is 8.73. The molecule has 1 unspecified atom stereocenters. The van der Waals surface area contributed by atoms with Gasteiger partial charge in [-0.3, -0.25) is 4.79 Å². The smallest absolute Gasteiger partial charge is 0.199 e. The number of nitrogens with zero attached hydrogens (tertiary/aromatic N) is 3. The van der Waals surface area contributed by atoms with Crippen LogP contribution >= 0.6 is 0 Å². The van der Waals surface area contributed by atoms with Gasteiger partial charge in [0, 0.05) is 0 Å². The van der Waals surface area contributed by atoms with Crippen LogP contribution in [0, 0.1) is 0 Å². The van der Waals surface area contributed by atoms with E-state index in [1.165, 1.54) is 10.9 Å². The van der Waals surface area contributed by atoms with E-state index in [0.29, 0.717) is 12.1 Å². The molecule has 2 N–H and O–H groups in total. The second kappa shape index (κ2) is 5.37. The highest BCUT2D eigenvalue weighted by atomic mass is 16.1. The molecule has 0 saturated heterocycles. The molecule has 0 saturated carbocycles. The molecule has 0 bridgehead atoms. The Kier molecular flexibility index (Phi) is 3.64. The highest BCUT2D eigenvalue weighted by molar-refractivity contribution is 5.98. The third-order valence-corrected chi connectivity index (χ3v) is 2.56. The van der Waals surface area contributed by atoms with Crippen LogP contribution in [-0.4, -0.2) is 26.8 Å². The van der Waals surface area contributed by atoms with Crippen LogP contribution in [-0.2, 0) is 0 Å². The maximum atomic E-state index is 12.1. The summed E-state index contributed by atoms with van der Waals surface area (Å²) in [4.78, 5) is 12.1. The van der Waals surface area contributed by atoms with Crippen LogP contribution in [0.3, 0.4) is 0 Å². The zero-order chi connectivity index (χ0) is 13.0. The first-order valence-electron chi connectivity index (χ1n) is 5.61. The van der Waals surface area contributed by atoms with Gasteiger partial charge < -0.3 is 5.73 Å². The summed E-state index contributed by atoms with van der Waals surface area (Å²) in [7, 11) is 0. The van der Waals surface area contributed by atoms with Crippen LogP contribution in [0.4, 0.5) is 0 Å². The fourth-order valence-corrected chi connectivity index (χ4v) is 1.64. The van der Waals surface area contributed by atoms with Crippen LogP contribution in [0.15, 0.2) is 49.2 Å². The Hall–Kier alpha value is -2.27. The largest absolute Gasteiger partial charge is 0.321 e. The zero-order valence-corrected chi connectivity index (χ0v) is 9.86. The summed E-state index contributed by atoms with van der Waals surface area (Å²) in [5.74, 6) is -0.191. The van der Waals surface area contributed by atoms with Gasteiger partial charge in [0.2, 0.25) is 0 Å². The molecule has 0 radical (unpaired) electrons. The van der Waals surface area contributed by atoms with Gasteiger partial charge in [-0.25, -0.2) is 4.68 Å². The molecular weight excluding hydrogens is 228 g/mol. The average Bonchev–Trinajstić information content (AvgIpc) is 2.88. The number of nitrogens with two attached hydrogens (primary N) is 1. The van der Waals surface area contributed by atoms with Crippen molar-refractivity contribution in [3.8, 4) is 5.69 Å². The molecule has 1 atom stereocenters. The third kappa shape index (κ3) is 2.36. The second-order valence-corrected chi connectivity index (χ2v) is 3.86. The maximum absolute atomic E-state index is 12.1. The van der Waals surface area contributed by atoms with E-state index in [4.69, 9.17) is 5.73 Å². The summed E-state index contributed by atoms with van der Waals surface area (Å²) >= 11 is 0. The number of hydrogen-bond acceptors (Lipinski definition) is 4. The highest BCUT2D eigenvalue weighted by Gasteiger charge is 2.20. The molecule has 5 nitrogen and oxygen atoms in total. The summed E-state index contributed by atoms with van der Waals surface area (Å²) < 4.78 is 1.49. The van der Waals surface area contributed by atoms with Crippen LogP contribution in [0.2, 0.25) is 0 Å². The van der Waals surface area contributed by atoms with Crippen molar-refractivity contribution < 1.29 is 4.79 Å². The van der Waals surface area contributed by atoms with Gasteiger partial charge in [-0.1, -0.05) is 29.5 Å². The van der Waals surface area contributed by atoms with Crippen LogP contribution in [0.5, 0.6) is 0 Å². The lowest BCUT2D eigenvalue weighted by Crippen LogP contribution is -2.31. The predicted molar refractivity (Wildman–Crippen MR) is 68.5 cm³/mol. The SMILES string of the molecule is C=CCC(N)C(=O)c1cnnn1-c1ccccc1. The molecule has 92 valence electrons. The quantitative estimate of drug-likeness (QED) is 0.634. The van der Waals surface area contributed by atoms with E-state index in [1.54, 1.807) is 6.08 Å². The maximum Gasteiger partial charge on any atom is 0.199 e. The number of Topliss-reactive ketones (excluding diaryl/α,β-unsaturated/α-hetero) is 1. The Morgan fingerprint density at radius 2 is 2.17 bits per heavy atom. The number of hydrogen-bond donors (Lipinski definition) is 1. The molecule has 0 spiro atoms. The van der Waals surface area contributed by atoms with Crippen LogP contribution in [0.25, 0.3) is 5.69 Å². The highest BCUT2D eigenvalue weighted by Crippen LogP contribution is 2.11. The standard InChI is InChI=1S/C13H14N4O/c1-2-6-11(14)13(18)12-9-15-16-17(12)10-7-4-3-5-8-10/h2-5,7-9,11H,1,6,14H2. The predicted octanol–water partition coefficient (Wildman–Crippen LogP) is 1.35. The van der Waals surface area contributed by atoms with Gasteiger partial charge in [0.15, 0.2) is 5.78 Å². The first-order chi connectivity index (χ1) is 8.74. The van der Waals surface area contributed by atoms with Gasteiger partial charge in [-0.15, -0.1) is 11.7 Å². The molecule has 0 aliphatic carbocycles. The molecule has 1 aromatic heterocycles. The van der Waals surface area contributed by atoms with E-state index in [9.17, 15) is 4.79 Å².